The van der Waals surface area contributed by atoms with Crippen LogP contribution in [0.1, 0.15) is 95.4 Å². The van der Waals surface area contributed by atoms with E-state index in [0.717, 1.165) is 6.92 Å². The van der Waals surface area contributed by atoms with Gasteiger partial charge in [0.1, 0.15) is 71.6 Å². The van der Waals surface area contributed by atoms with Gasteiger partial charge >= 0.3 is 11.9 Å². The van der Waals surface area contributed by atoms with Crippen molar-refractivity contribution in [3.8, 4) is 17.2 Å². The van der Waals surface area contributed by atoms with E-state index in [0.29, 0.717) is 28.7 Å². The molecule has 0 aliphatic carbocycles. The summed E-state index contributed by atoms with van der Waals surface area (Å²) in [7, 11) is 0. The largest absolute Gasteiger partial charge is 0.508 e. The number of hydrogen-bond donors (Lipinski definition) is 24. The minimum Gasteiger partial charge on any atom is -0.508 e. The summed E-state index contributed by atoms with van der Waals surface area (Å²) in [6, 6.07) is 6.77. The number of carbonyl (C=O) groups is 14. The van der Waals surface area contributed by atoms with Gasteiger partial charge in [0.15, 0.2) is 12.0 Å². The zero-order chi connectivity index (χ0) is 82.6. The van der Waals surface area contributed by atoms with E-state index in [-0.39, 0.29) is 86.5 Å². The van der Waals surface area contributed by atoms with Crippen molar-refractivity contribution in [3.63, 3.8) is 0 Å². The molecule has 0 aromatic heterocycles. The molecule has 111 heavy (non-hydrogen) atoms. The number of hydrogen-bond acceptors (Lipinski definition) is 22. The molecule has 12 atom stereocenters. The number of aliphatic carboxylic acids is 2. The third-order valence-electron chi connectivity index (χ3n) is 16.8. The molecule has 606 valence electrons. The van der Waals surface area contributed by atoms with Crippen molar-refractivity contribution >= 4 is 88.8 Å². The first-order valence-electron chi connectivity index (χ1n) is 35.6. The fourth-order valence-corrected chi connectivity index (χ4v) is 10.9. The van der Waals surface area contributed by atoms with Gasteiger partial charge in [-0.15, -0.1) is 0 Å². The summed E-state index contributed by atoms with van der Waals surface area (Å²) >= 11 is 0. The molecule has 0 radical (unpaired) electrons. The Morgan fingerprint density at radius 2 is 0.721 bits per heavy atom. The van der Waals surface area contributed by atoms with Crippen molar-refractivity contribution in [2.45, 2.75) is 171 Å². The summed E-state index contributed by atoms with van der Waals surface area (Å²) in [5.41, 5.74) is 12.8. The predicted octanol–water partition coefficient (Wildman–Crippen LogP) is -4.85. The van der Waals surface area contributed by atoms with Crippen molar-refractivity contribution in [3.05, 3.63) is 125 Å². The van der Waals surface area contributed by atoms with Gasteiger partial charge in [-0.05, 0) is 110 Å². The van der Waals surface area contributed by atoms with Crippen LogP contribution in [-0.2, 0) is 92.8 Å². The summed E-state index contributed by atoms with van der Waals surface area (Å²) in [5.74, 6) is -16.7. The zero-order valence-electron chi connectivity index (χ0n) is 62.0. The summed E-state index contributed by atoms with van der Waals surface area (Å²) in [6.45, 7) is 4.42. The van der Waals surface area contributed by atoms with Crippen LogP contribution in [0.15, 0.2) is 103 Å². The number of benzene rings is 4. The Labute approximate surface area is 639 Å². The van der Waals surface area contributed by atoms with Crippen LogP contribution >= 0.6 is 0 Å². The SMILES string of the molecule is CC(C)C[C@H](NC(=O)CNC(=O)[C@@H](N)CCCNC(=N)N)C(=O)N[C@@H](Cc1ccc(O)cc1)C(=O)N[C@@H](Cc1ccc(O)cc1)C(=O)NCC(=O)N[C@@H](CO)C(=O)N[C@@H](Cc1ccccc1)C(=O)N[C@@H](CC(C)C)C(=O)N[C@@H](Cc1ccc(O)cc1)C(=O)N[C@@H](CO)C(=O)N[C@@H](CCC(=O)O)C(=O)N[C@H](C(=O)O)[C@@H](C)O. The maximum Gasteiger partial charge on any atom is 0.328 e. The van der Waals surface area contributed by atoms with Crippen LogP contribution in [0, 0.1) is 17.2 Å². The highest BCUT2D eigenvalue weighted by molar-refractivity contribution is 5.99. The first-order valence-corrected chi connectivity index (χ1v) is 35.6. The minimum atomic E-state index is -1.94. The van der Waals surface area contributed by atoms with E-state index >= 15 is 0 Å². The molecule has 0 aliphatic heterocycles. The Morgan fingerprint density at radius 1 is 0.396 bits per heavy atom. The van der Waals surface area contributed by atoms with Crippen molar-refractivity contribution < 1.29 is 108 Å². The normalized spacial score (nSPS) is 14.3. The molecule has 4 rings (SSSR count). The summed E-state index contributed by atoms with van der Waals surface area (Å²) in [5, 5.41) is 119. The number of phenols is 3. The first-order chi connectivity index (χ1) is 52.4. The highest BCUT2D eigenvalue weighted by Crippen LogP contribution is 2.18. The Kier molecular flexibility index (Phi) is 38.2. The second-order valence-electron chi connectivity index (χ2n) is 27.1. The molecule has 0 heterocycles. The summed E-state index contributed by atoms with van der Waals surface area (Å²) in [4.78, 5) is 191. The number of nitrogens with two attached hydrogens (primary N) is 2. The second-order valence-corrected chi connectivity index (χ2v) is 27.1. The molecule has 0 aliphatic rings. The minimum absolute atomic E-state index is 0.0323. The maximum absolute atomic E-state index is 14.6. The van der Waals surface area contributed by atoms with E-state index in [9.17, 15) is 108 Å². The monoisotopic (exact) mass is 1550 g/mol. The van der Waals surface area contributed by atoms with Gasteiger partial charge in [0.05, 0.1) is 38.4 Å². The highest BCUT2D eigenvalue weighted by atomic mass is 16.4. The van der Waals surface area contributed by atoms with Crippen molar-refractivity contribution in [2.75, 3.05) is 32.8 Å². The molecule has 38 heteroatoms. The molecule has 0 saturated carbocycles. The van der Waals surface area contributed by atoms with Gasteiger partial charge in [0, 0.05) is 38.6 Å². The predicted molar refractivity (Wildman–Crippen MR) is 397 cm³/mol. The molecule has 0 unspecified atom stereocenters. The van der Waals surface area contributed by atoms with E-state index < -0.39 is 195 Å². The molecule has 4 aromatic rings. The Balaban J connectivity index is 1.57. The van der Waals surface area contributed by atoms with Crippen LogP contribution in [0.4, 0.5) is 0 Å². The van der Waals surface area contributed by atoms with Gasteiger partial charge in [-0.3, -0.25) is 67.7 Å². The van der Waals surface area contributed by atoms with E-state index in [2.05, 4.69) is 63.8 Å². The van der Waals surface area contributed by atoms with Crippen molar-refractivity contribution in [2.24, 2.45) is 23.3 Å². The molecule has 0 saturated heterocycles. The molecule has 0 bridgehead atoms. The van der Waals surface area contributed by atoms with Crippen molar-refractivity contribution in [1.29, 1.82) is 5.41 Å². The molecule has 38 nitrogen and oxygen atoms in total. The number of rotatable bonds is 47. The molecular weight excluding hydrogens is 1450 g/mol. The molecule has 26 N–H and O–H groups in total. The Hall–Kier alpha value is -12.0. The molecule has 0 spiro atoms. The molecule has 0 fully saturated rings. The number of phenolic OH excluding ortho intramolecular Hbond substituents is 3. The lowest BCUT2D eigenvalue weighted by Crippen LogP contribution is -2.61. The number of amides is 12. The van der Waals surface area contributed by atoms with Gasteiger partial charge in [-0.25, -0.2) is 4.79 Å². The molecular formula is C73H102N16O22. The van der Waals surface area contributed by atoms with Gasteiger partial charge in [0.25, 0.3) is 0 Å². The third-order valence-corrected chi connectivity index (χ3v) is 16.8. The number of guanidine groups is 1. The topological polar surface area (TPSA) is 633 Å². The standard InChI is InChI=1S/C73H102N16O22/c1-38(2)28-50(80-58(96)34-78-62(100)48(74)12-9-27-77-73(75)76)65(103)85-54(32-43-15-21-46(94)22-16-43)68(106)84-52(31-42-13-19-45(93)20-14-42)63(101)79-35-59(97)81-56(36-90)70(108)87-53(30-41-10-7-6-8-11-41)67(105)83-51(29-39(3)4)66(104)86-55(33-44-17-23-47(95)24-18-44)69(107)88-57(37-91)71(109)82-49(25-26-60(98)99)64(102)89-61(40(5)92)72(110)111/h6-8,10-11,13-24,38-40,48-57,61,90-95H,9,12,25-37,74H2,1-5H3,(H,78,100)(H,79,101)(H,80,96)(H,81,97)(H,82,109)(H,83,105)(H,84,106)(H,85,103)(H,86,104)(H,87,108)(H,88,107)(H,89,102)(H,98,99)(H,110,111)(H4,75,76,77)/t40-,48+,49+,50+,51+,52+,53+,54+,55+,56+,57+,61+/m1/s1. The van der Waals surface area contributed by atoms with Crippen LogP contribution < -0.4 is 80.6 Å². The number of nitrogens with one attached hydrogen (secondary N) is 14. The van der Waals surface area contributed by atoms with Crippen LogP contribution in [0.3, 0.4) is 0 Å². The molecule has 4 aromatic carbocycles. The Bertz CT molecular complexity index is 3820. The average Bonchev–Trinajstić information content (AvgIpc) is 0.847. The van der Waals surface area contributed by atoms with E-state index in [1.165, 1.54) is 72.8 Å². The summed E-state index contributed by atoms with van der Waals surface area (Å²) in [6.07, 6.45) is -3.82. The Morgan fingerprint density at radius 3 is 1.10 bits per heavy atom. The number of aromatic hydroxyl groups is 3. The number of aliphatic hydroxyl groups is 3. The van der Waals surface area contributed by atoms with Crippen LogP contribution in [0.2, 0.25) is 0 Å². The van der Waals surface area contributed by atoms with Crippen LogP contribution in [-0.4, -0.2) is 235 Å². The van der Waals surface area contributed by atoms with Crippen LogP contribution in [0.5, 0.6) is 17.2 Å². The third kappa shape index (κ3) is 33.6. The number of aliphatic hydroxyl groups excluding tert-OH is 3. The lowest BCUT2D eigenvalue weighted by Gasteiger charge is -2.28. The fraction of sp³-hybridized carbons (Fsp3) is 0.466. The highest BCUT2D eigenvalue weighted by Gasteiger charge is 2.37. The number of carboxylic acid groups (broad SMARTS) is 2. The fourth-order valence-electron chi connectivity index (χ4n) is 10.9. The van der Waals surface area contributed by atoms with E-state index in [1.54, 1.807) is 58.0 Å². The first kappa shape index (κ1) is 91.4. The smallest absolute Gasteiger partial charge is 0.328 e. The number of carbonyl (C=O) groups excluding carboxylic acids is 12. The lowest BCUT2D eigenvalue weighted by molar-refractivity contribution is -0.145. The second kappa shape index (κ2) is 46.4. The van der Waals surface area contributed by atoms with Crippen LogP contribution in [0.25, 0.3) is 0 Å². The number of carboxylic acids is 2. The van der Waals surface area contributed by atoms with E-state index in [1.807, 2.05) is 5.32 Å². The van der Waals surface area contributed by atoms with Crippen molar-refractivity contribution in [1.82, 2.24) is 69.1 Å². The summed E-state index contributed by atoms with van der Waals surface area (Å²) < 4.78 is 0. The van der Waals surface area contributed by atoms with Gasteiger partial charge < -0.3 is 121 Å². The van der Waals surface area contributed by atoms with Gasteiger partial charge in [-0.1, -0.05) is 94.4 Å². The van der Waals surface area contributed by atoms with E-state index in [4.69, 9.17) is 16.9 Å². The zero-order valence-corrected chi connectivity index (χ0v) is 62.0. The lowest BCUT2D eigenvalue weighted by atomic mass is 9.99. The molecule has 12 amide bonds. The van der Waals surface area contributed by atoms with Gasteiger partial charge in [-0.2, -0.15) is 0 Å². The van der Waals surface area contributed by atoms with Gasteiger partial charge in [0.2, 0.25) is 70.9 Å². The average molecular weight is 1560 g/mol. The maximum atomic E-state index is 14.6. The quantitative estimate of drug-likeness (QED) is 0.0112.